The number of nitrogens with zero attached hydrogens (tertiary/aromatic N) is 3. The monoisotopic (exact) mass is 422 g/mol. The first-order valence-corrected chi connectivity index (χ1v) is 10.4. The molecule has 2 heterocycles. The van der Waals surface area contributed by atoms with E-state index < -0.39 is 6.09 Å². The SMILES string of the molecule is CCn1ncc2cc(COC(=O)Nc3sc(-c4ccccc4OC)nc3C)ccc21. The number of anilines is 1. The van der Waals surface area contributed by atoms with Crippen molar-refractivity contribution in [3.05, 3.63) is 59.9 Å². The van der Waals surface area contributed by atoms with Gasteiger partial charge in [0, 0.05) is 11.9 Å². The number of thiazole rings is 1. The third kappa shape index (κ3) is 3.99. The lowest BCUT2D eigenvalue weighted by molar-refractivity contribution is 0.155. The molecule has 0 spiro atoms. The van der Waals surface area contributed by atoms with Crippen molar-refractivity contribution in [2.75, 3.05) is 12.4 Å². The predicted molar refractivity (Wildman–Crippen MR) is 118 cm³/mol. The zero-order chi connectivity index (χ0) is 21.1. The lowest BCUT2D eigenvalue weighted by Gasteiger charge is -2.07. The smallest absolute Gasteiger partial charge is 0.412 e. The zero-order valence-corrected chi connectivity index (χ0v) is 17.8. The summed E-state index contributed by atoms with van der Waals surface area (Å²) in [6, 6.07) is 13.6. The fourth-order valence-electron chi connectivity index (χ4n) is 3.20. The summed E-state index contributed by atoms with van der Waals surface area (Å²) in [5.41, 5.74) is 3.58. The lowest BCUT2D eigenvalue weighted by atomic mass is 10.2. The van der Waals surface area contributed by atoms with Crippen LogP contribution in [-0.2, 0) is 17.9 Å². The van der Waals surface area contributed by atoms with Crippen LogP contribution in [0.2, 0.25) is 0 Å². The highest BCUT2D eigenvalue weighted by Gasteiger charge is 2.15. The van der Waals surface area contributed by atoms with Crippen molar-refractivity contribution in [2.45, 2.75) is 27.0 Å². The average Bonchev–Trinajstić information content (AvgIpc) is 3.34. The van der Waals surface area contributed by atoms with Crippen molar-refractivity contribution >= 4 is 33.3 Å². The molecule has 0 saturated heterocycles. The third-order valence-electron chi connectivity index (χ3n) is 4.73. The second kappa shape index (κ2) is 8.54. The number of aromatic nitrogens is 3. The Kier molecular flexibility index (Phi) is 5.67. The van der Waals surface area contributed by atoms with Crippen molar-refractivity contribution in [2.24, 2.45) is 0 Å². The number of fused-ring (bicyclic) bond motifs is 1. The highest BCUT2D eigenvalue weighted by Crippen LogP contribution is 2.36. The van der Waals surface area contributed by atoms with Crippen LogP contribution in [-0.4, -0.2) is 28.0 Å². The number of amides is 1. The largest absolute Gasteiger partial charge is 0.496 e. The van der Waals surface area contributed by atoms with Gasteiger partial charge in [-0.1, -0.05) is 29.5 Å². The molecule has 2 aromatic carbocycles. The Morgan fingerprint density at radius 1 is 1.23 bits per heavy atom. The minimum Gasteiger partial charge on any atom is -0.496 e. The van der Waals surface area contributed by atoms with E-state index in [0.717, 1.165) is 45.0 Å². The molecule has 0 unspecified atom stereocenters. The van der Waals surface area contributed by atoms with Crippen molar-refractivity contribution < 1.29 is 14.3 Å². The Bertz CT molecular complexity index is 1200. The Morgan fingerprint density at radius 2 is 2.07 bits per heavy atom. The molecular weight excluding hydrogens is 400 g/mol. The molecule has 2 aromatic heterocycles. The summed E-state index contributed by atoms with van der Waals surface area (Å²) >= 11 is 1.39. The van der Waals surface area contributed by atoms with E-state index in [1.165, 1.54) is 11.3 Å². The van der Waals surface area contributed by atoms with Crippen LogP contribution in [0.4, 0.5) is 9.80 Å². The lowest BCUT2D eigenvalue weighted by Crippen LogP contribution is -2.13. The summed E-state index contributed by atoms with van der Waals surface area (Å²) < 4.78 is 12.7. The Hall–Kier alpha value is -3.39. The molecule has 0 aliphatic heterocycles. The molecule has 1 amide bonds. The van der Waals surface area contributed by atoms with Crippen LogP contribution in [0, 0.1) is 6.92 Å². The van der Waals surface area contributed by atoms with Crippen molar-refractivity contribution in [1.29, 1.82) is 0 Å². The van der Waals surface area contributed by atoms with Gasteiger partial charge in [-0.2, -0.15) is 5.10 Å². The first-order valence-electron chi connectivity index (χ1n) is 9.58. The van der Waals surface area contributed by atoms with Gasteiger partial charge in [-0.25, -0.2) is 9.78 Å². The van der Waals surface area contributed by atoms with Crippen LogP contribution in [0.3, 0.4) is 0 Å². The summed E-state index contributed by atoms with van der Waals surface area (Å²) in [7, 11) is 1.63. The Morgan fingerprint density at radius 3 is 2.87 bits per heavy atom. The number of carbonyl (C=O) groups excluding carboxylic acids is 1. The van der Waals surface area contributed by atoms with Gasteiger partial charge in [0.05, 0.1) is 30.1 Å². The molecule has 154 valence electrons. The summed E-state index contributed by atoms with van der Waals surface area (Å²) in [6.07, 6.45) is 1.31. The zero-order valence-electron chi connectivity index (χ0n) is 17.0. The molecule has 7 nitrogen and oxygen atoms in total. The number of hydrogen-bond donors (Lipinski definition) is 1. The van der Waals surface area contributed by atoms with Gasteiger partial charge in [0.25, 0.3) is 0 Å². The maximum Gasteiger partial charge on any atom is 0.412 e. The van der Waals surface area contributed by atoms with Crippen molar-refractivity contribution in [1.82, 2.24) is 14.8 Å². The van der Waals surface area contributed by atoms with E-state index in [9.17, 15) is 4.79 Å². The third-order valence-corrected chi connectivity index (χ3v) is 5.83. The normalized spacial score (nSPS) is 10.9. The fraction of sp³-hybridized carbons (Fsp3) is 0.227. The number of hydrogen-bond acceptors (Lipinski definition) is 6. The summed E-state index contributed by atoms with van der Waals surface area (Å²) in [6.45, 7) is 4.89. The molecule has 0 fully saturated rings. The maximum atomic E-state index is 12.3. The second-order valence-electron chi connectivity index (χ2n) is 6.69. The van der Waals surface area contributed by atoms with Crippen molar-refractivity contribution in [3.63, 3.8) is 0 Å². The molecule has 0 aliphatic carbocycles. The predicted octanol–water partition coefficient (Wildman–Crippen LogP) is 5.25. The van der Waals surface area contributed by atoms with Crippen LogP contribution in [0.5, 0.6) is 5.75 Å². The summed E-state index contributed by atoms with van der Waals surface area (Å²) in [5.74, 6) is 0.738. The molecular formula is C22H22N4O3S. The minimum atomic E-state index is -0.516. The summed E-state index contributed by atoms with van der Waals surface area (Å²) in [5, 5.41) is 9.59. The molecule has 1 N–H and O–H groups in total. The molecule has 4 aromatic rings. The number of ether oxygens (including phenoxy) is 2. The van der Waals surface area contributed by atoms with Crippen LogP contribution in [0.25, 0.3) is 21.5 Å². The van der Waals surface area contributed by atoms with Gasteiger partial charge in [-0.3, -0.25) is 10.00 Å². The van der Waals surface area contributed by atoms with E-state index in [0.29, 0.717) is 5.00 Å². The first-order chi connectivity index (χ1) is 14.6. The molecule has 0 saturated carbocycles. The van der Waals surface area contributed by atoms with E-state index in [1.807, 2.05) is 60.3 Å². The number of rotatable bonds is 6. The van der Waals surface area contributed by atoms with Gasteiger partial charge in [-0.05, 0) is 43.7 Å². The molecule has 0 bridgehead atoms. The molecule has 0 atom stereocenters. The molecule has 30 heavy (non-hydrogen) atoms. The number of para-hydroxylation sites is 1. The van der Waals surface area contributed by atoms with Gasteiger partial charge in [-0.15, -0.1) is 0 Å². The van der Waals surface area contributed by atoms with Gasteiger partial charge >= 0.3 is 6.09 Å². The first kappa shape index (κ1) is 19.9. The highest BCUT2D eigenvalue weighted by atomic mass is 32.1. The van der Waals surface area contributed by atoms with Crippen molar-refractivity contribution in [3.8, 4) is 16.3 Å². The highest BCUT2D eigenvalue weighted by molar-refractivity contribution is 7.19. The Labute approximate surface area is 178 Å². The topological polar surface area (TPSA) is 78.3 Å². The van der Waals surface area contributed by atoms with Gasteiger partial charge in [0.2, 0.25) is 0 Å². The molecule has 4 rings (SSSR count). The summed E-state index contributed by atoms with van der Waals surface area (Å²) in [4.78, 5) is 16.9. The number of methoxy groups -OCH3 is 1. The van der Waals surface area contributed by atoms with E-state index >= 15 is 0 Å². The number of nitrogens with one attached hydrogen (secondary N) is 1. The van der Waals surface area contributed by atoms with E-state index in [1.54, 1.807) is 7.11 Å². The molecule has 8 heteroatoms. The number of aryl methyl sites for hydroxylation is 2. The van der Waals surface area contributed by atoms with Gasteiger partial charge in [0.15, 0.2) is 0 Å². The van der Waals surface area contributed by atoms with Crippen LogP contribution < -0.4 is 10.1 Å². The maximum absolute atomic E-state index is 12.3. The number of carbonyl (C=O) groups is 1. The molecule has 0 aliphatic rings. The van der Waals surface area contributed by atoms with Crippen LogP contribution >= 0.6 is 11.3 Å². The van der Waals surface area contributed by atoms with E-state index in [4.69, 9.17) is 9.47 Å². The van der Waals surface area contributed by atoms with Gasteiger partial charge < -0.3 is 9.47 Å². The van der Waals surface area contributed by atoms with Crippen LogP contribution in [0.15, 0.2) is 48.7 Å². The fourth-order valence-corrected chi connectivity index (χ4v) is 4.19. The minimum absolute atomic E-state index is 0.177. The van der Waals surface area contributed by atoms with E-state index in [-0.39, 0.29) is 6.61 Å². The second-order valence-corrected chi connectivity index (χ2v) is 7.69. The Balaban J connectivity index is 1.42. The average molecular weight is 423 g/mol. The quantitative estimate of drug-likeness (QED) is 0.459. The number of benzene rings is 2. The van der Waals surface area contributed by atoms with Crippen LogP contribution in [0.1, 0.15) is 18.2 Å². The standard InChI is InChI=1S/C22H22N4O3S/c1-4-26-18-10-9-15(11-16(18)12-23-26)13-29-22(27)25-20-14(2)24-21(30-20)17-7-5-6-8-19(17)28-3/h5-12H,4,13H2,1-3H3,(H,25,27). The molecule has 0 radical (unpaired) electrons. The van der Waals surface area contributed by atoms with Gasteiger partial charge in [0.1, 0.15) is 22.4 Å². The van der Waals surface area contributed by atoms with E-state index in [2.05, 4.69) is 22.3 Å².